The van der Waals surface area contributed by atoms with Crippen molar-refractivity contribution in [2.45, 2.75) is 58.3 Å². The zero-order chi connectivity index (χ0) is 24.3. The lowest BCUT2D eigenvalue weighted by atomic mass is 9.97. The highest BCUT2D eigenvalue weighted by molar-refractivity contribution is 5.94. The van der Waals surface area contributed by atoms with Crippen molar-refractivity contribution in [3.8, 4) is 0 Å². The van der Waals surface area contributed by atoms with Gasteiger partial charge in [-0.1, -0.05) is 26.3 Å². The molecule has 2 fully saturated rings. The first-order valence-corrected chi connectivity index (χ1v) is 11.3. The van der Waals surface area contributed by atoms with Crippen LogP contribution in [-0.4, -0.2) is 59.4 Å². The monoisotopic (exact) mass is 468 g/mol. The van der Waals surface area contributed by atoms with Gasteiger partial charge in [-0.3, -0.25) is 9.59 Å². The maximum absolute atomic E-state index is 13.3. The number of urea groups is 1. The van der Waals surface area contributed by atoms with E-state index in [1.165, 1.54) is 12.1 Å². The number of carbonyl (C=O) groups excluding carboxylic acids is 3. The Balaban J connectivity index is 1.64. The molecule has 182 valence electrons. The minimum atomic E-state index is -4.52. The fraction of sp³-hybridized carbons (Fsp3) is 0.609. The summed E-state index contributed by atoms with van der Waals surface area (Å²) in [5.41, 5.74) is -0.888. The van der Waals surface area contributed by atoms with Crippen molar-refractivity contribution in [1.29, 1.82) is 0 Å². The number of hydrogen-bond donors (Lipinski definition) is 2. The van der Waals surface area contributed by atoms with E-state index in [9.17, 15) is 27.6 Å². The summed E-state index contributed by atoms with van der Waals surface area (Å²) in [5.74, 6) is -0.185. The second-order valence-corrected chi connectivity index (χ2v) is 8.98. The SMILES string of the molecule is CCC(C)C(NC(=O)Nc1cccc(C(F)(F)F)c1)C(=O)N1CCN(C(=O)C2CC2)C(C)C1. The molecule has 1 aromatic rings. The van der Waals surface area contributed by atoms with E-state index in [-0.39, 0.29) is 35.4 Å². The van der Waals surface area contributed by atoms with Crippen LogP contribution >= 0.6 is 0 Å². The number of rotatable bonds is 6. The van der Waals surface area contributed by atoms with E-state index in [1.807, 2.05) is 25.7 Å². The van der Waals surface area contributed by atoms with Gasteiger partial charge < -0.3 is 20.4 Å². The van der Waals surface area contributed by atoms with Gasteiger partial charge >= 0.3 is 12.2 Å². The minimum Gasteiger partial charge on any atom is -0.337 e. The normalized spacial score (nSPS) is 20.7. The Morgan fingerprint density at radius 2 is 1.88 bits per heavy atom. The fourth-order valence-corrected chi connectivity index (χ4v) is 4.01. The second-order valence-electron chi connectivity index (χ2n) is 8.98. The Morgan fingerprint density at radius 3 is 2.45 bits per heavy atom. The molecule has 33 heavy (non-hydrogen) atoms. The highest BCUT2D eigenvalue weighted by Crippen LogP contribution is 2.32. The molecule has 0 spiro atoms. The lowest BCUT2D eigenvalue weighted by molar-refractivity contribution is -0.144. The first-order valence-electron chi connectivity index (χ1n) is 11.3. The average molecular weight is 469 g/mol. The second kappa shape index (κ2) is 10.0. The largest absolute Gasteiger partial charge is 0.416 e. The Labute approximate surface area is 191 Å². The Hall–Kier alpha value is -2.78. The van der Waals surface area contributed by atoms with E-state index in [0.29, 0.717) is 26.1 Å². The van der Waals surface area contributed by atoms with Crippen molar-refractivity contribution in [1.82, 2.24) is 15.1 Å². The maximum atomic E-state index is 13.3. The number of hydrogen-bond acceptors (Lipinski definition) is 3. The Morgan fingerprint density at radius 1 is 1.18 bits per heavy atom. The molecule has 3 rings (SSSR count). The molecule has 2 aliphatic rings. The van der Waals surface area contributed by atoms with Crippen molar-refractivity contribution < 1.29 is 27.6 Å². The van der Waals surface area contributed by atoms with Crippen molar-refractivity contribution in [2.24, 2.45) is 11.8 Å². The summed E-state index contributed by atoms with van der Waals surface area (Å²) in [5, 5.41) is 5.04. The molecule has 1 aliphatic heterocycles. The van der Waals surface area contributed by atoms with E-state index in [4.69, 9.17) is 0 Å². The van der Waals surface area contributed by atoms with Gasteiger partial charge in [0.1, 0.15) is 6.04 Å². The fourth-order valence-electron chi connectivity index (χ4n) is 4.01. The van der Waals surface area contributed by atoms with Gasteiger partial charge in [0, 0.05) is 37.3 Å². The van der Waals surface area contributed by atoms with Gasteiger partial charge in [0.05, 0.1) is 5.56 Å². The number of amides is 4. The van der Waals surface area contributed by atoms with E-state index >= 15 is 0 Å². The van der Waals surface area contributed by atoms with E-state index in [0.717, 1.165) is 25.0 Å². The van der Waals surface area contributed by atoms with Crippen molar-refractivity contribution >= 4 is 23.5 Å². The van der Waals surface area contributed by atoms with Crippen LogP contribution in [0.2, 0.25) is 0 Å². The Bertz CT molecular complexity index is 888. The van der Waals surface area contributed by atoms with Crippen molar-refractivity contribution in [2.75, 3.05) is 25.0 Å². The van der Waals surface area contributed by atoms with E-state index < -0.39 is 23.8 Å². The van der Waals surface area contributed by atoms with Gasteiger partial charge in [-0.2, -0.15) is 13.2 Å². The minimum absolute atomic E-state index is 0.0153. The topological polar surface area (TPSA) is 81.8 Å². The summed E-state index contributed by atoms with van der Waals surface area (Å²) in [6, 6.07) is 2.63. The highest BCUT2D eigenvalue weighted by Gasteiger charge is 2.39. The maximum Gasteiger partial charge on any atom is 0.416 e. The molecule has 0 radical (unpaired) electrons. The molecule has 7 nitrogen and oxygen atoms in total. The highest BCUT2D eigenvalue weighted by atomic mass is 19.4. The summed E-state index contributed by atoms with van der Waals surface area (Å²) in [7, 11) is 0. The van der Waals surface area contributed by atoms with Crippen LogP contribution < -0.4 is 10.6 Å². The van der Waals surface area contributed by atoms with Crippen LogP contribution in [0.5, 0.6) is 0 Å². The summed E-state index contributed by atoms with van der Waals surface area (Å²) in [4.78, 5) is 41.7. The van der Waals surface area contributed by atoms with Gasteiger partial charge in [0.2, 0.25) is 11.8 Å². The summed E-state index contributed by atoms with van der Waals surface area (Å²) in [6.07, 6.45) is -2.06. The van der Waals surface area contributed by atoms with Crippen LogP contribution in [0, 0.1) is 11.8 Å². The van der Waals surface area contributed by atoms with Crippen LogP contribution in [0.25, 0.3) is 0 Å². The van der Waals surface area contributed by atoms with Crippen molar-refractivity contribution in [3.05, 3.63) is 29.8 Å². The van der Waals surface area contributed by atoms with Gasteiger partial charge in [0.25, 0.3) is 0 Å². The zero-order valence-corrected chi connectivity index (χ0v) is 19.1. The van der Waals surface area contributed by atoms with Crippen LogP contribution in [0.15, 0.2) is 24.3 Å². The molecule has 0 bridgehead atoms. The molecule has 1 saturated heterocycles. The number of nitrogens with zero attached hydrogens (tertiary/aromatic N) is 2. The summed E-state index contributed by atoms with van der Waals surface area (Å²) in [6.45, 7) is 6.85. The summed E-state index contributed by atoms with van der Waals surface area (Å²) >= 11 is 0. The Kier molecular flexibility index (Phi) is 7.54. The van der Waals surface area contributed by atoms with E-state index in [1.54, 1.807) is 4.90 Å². The third-order valence-electron chi connectivity index (χ3n) is 6.36. The molecule has 1 saturated carbocycles. The number of alkyl halides is 3. The predicted octanol–water partition coefficient (Wildman–Crippen LogP) is 3.71. The number of piperazine rings is 1. The average Bonchev–Trinajstić information content (AvgIpc) is 3.61. The molecule has 2 N–H and O–H groups in total. The molecule has 3 unspecified atom stereocenters. The van der Waals surface area contributed by atoms with Gasteiger partial charge in [0.15, 0.2) is 0 Å². The zero-order valence-electron chi connectivity index (χ0n) is 19.1. The molecule has 4 amide bonds. The third-order valence-corrected chi connectivity index (χ3v) is 6.36. The molecule has 1 aromatic carbocycles. The van der Waals surface area contributed by atoms with Crippen LogP contribution in [0.1, 0.15) is 45.6 Å². The predicted molar refractivity (Wildman–Crippen MR) is 117 cm³/mol. The van der Waals surface area contributed by atoms with Gasteiger partial charge in [-0.25, -0.2) is 4.79 Å². The van der Waals surface area contributed by atoms with Crippen LogP contribution in [0.4, 0.5) is 23.7 Å². The van der Waals surface area contributed by atoms with Crippen LogP contribution in [0.3, 0.4) is 0 Å². The van der Waals surface area contributed by atoms with E-state index in [2.05, 4.69) is 10.6 Å². The first kappa shape index (κ1) is 24.9. The number of halogens is 3. The molecule has 1 aliphatic carbocycles. The molecule has 10 heteroatoms. The smallest absolute Gasteiger partial charge is 0.337 e. The number of carbonyl (C=O) groups is 3. The molecule has 1 heterocycles. The molecule has 0 aromatic heterocycles. The number of nitrogens with one attached hydrogen (secondary N) is 2. The van der Waals surface area contributed by atoms with Crippen molar-refractivity contribution in [3.63, 3.8) is 0 Å². The number of anilines is 1. The van der Waals surface area contributed by atoms with Crippen LogP contribution in [-0.2, 0) is 15.8 Å². The molecular formula is C23H31F3N4O3. The van der Waals surface area contributed by atoms with Gasteiger partial charge in [-0.15, -0.1) is 0 Å². The quantitative estimate of drug-likeness (QED) is 0.668. The summed E-state index contributed by atoms with van der Waals surface area (Å²) < 4.78 is 38.8. The lowest BCUT2D eigenvalue weighted by Crippen LogP contribution is -2.60. The number of benzene rings is 1. The molecular weight excluding hydrogens is 437 g/mol. The standard InChI is InChI=1S/C23H31F3N4O3/c1-4-14(2)19(28-22(33)27-18-7-5-6-17(12-18)23(24,25)26)21(32)29-10-11-30(15(3)13-29)20(31)16-8-9-16/h5-7,12,14-16,19H,4,8-11,13H2,1-3H3,(H2,27,28,33). The lowest BCUT2D eigenvalue weighted by Gasteiger charge is -2.41. The third kappa shape index (κ3) is 6.17. The first-order chi connectivity index (χ1) is 15.5. The van der Waals surface area contributed by atoms with Gasteiger partial charge in [-0.05, 0) is 43.9 Å². The molecule has 3 atom stereocenters.